The number of carboxylic acids is 1. The second-order valence-corrected chi connectivity index (χ2v) is 6.08. The van der Waals surface area contributed by atoms with Crippen molar-refractivity contribution in [2.45, 2.75) is 12.4 Å². The lowest BCUT2D eigenvalue weighted by molar-refractivity contribution is -0.138. The molecule has 0 aliphatic carbocycles. The smallest absolute Gasteiger partial charge is 0.416 e. The zero-order valence-corrected chi connectivity index (χ0v) is 14.3. The number of carbonyl (C=O) groups is 1. The minimum atomic E-state index is -4.55. The van der Waals surface area contributed by atoms with Crippen LogP contribution < -0.4 is 0 Å². The van der Waals surface area contributed by atoms with Gasteiger partial charge in [-0.3, -0.25) is 0 Å². The van der Waals surface area contributed by atoms with Gasteiger partial charge in [0.25, 0.3) is 0 Å². The molecule has 3 aromatic rings. The average molecular weight is 411 g/mol. The molecule has 0 amide bonds. The predicted molar refractivity (Wildman–Crippen MR) is 92.1 cm³/mol. The molecule has 1 N–H and O–H groups in total. The van der Waals surface area contributed by atoms with Gasteiger partial charge in [-0.25, -0.2) is 9.78 Å². The summed E-state index contributed by atoms with van der Waals surface area (Å²) in [5.41, 5.74) is -1.25. The number of aromatic carboxylic acids is 1. The zero-order valence-electron chi connectivity index (χ0n) is 14.3. The lowest BCUT2D eigenvalue weighted by Gasteiger charge is -2.12. The molecule has 0 fully saturated rings. The number of benzene rings is 2. The Morgan fingerprint density at radius 2 is 1.17 bits per heavy atom. The van der Waals surface area contributed by atoms with Crippen molar-refractivity contribution in [1.82, 2.24) is 4.98 Å². The highest BCUT2D eigenvalue weighted by Crippen LogP contribution is 2.34. The van der Waals surface area contributed by atoms with E-state index in [0.717, 1.165) is 36.4 Å². The van der Waals surface area contributed by atoms with E-state index >= 15 is 0 Å². The van der Waals surface area contributed by atoms with E-state index in [4.69, 9.17) is 0 Å². The van der Waals surface area contributed by atoms with Gasteiger partial charge in [0.2, 0.25) is 0 Å². The Morgan fingerprint density at radius 3 is 1.59 bits per heavy atom. The largest absolute Gasteiger partial charge is 0.476 e. The zero-order chi connectivity index (χ0) is 21.4. The number of hydrogen-bond acceptors (Lipinski definition) is 2. The quantitative estimate of drug-likeness (QED) is 0.526. The Morgan fingerprint density at radius 1 is 0.724 bits per heavy atom. The summed E-state index contributed by atoms with van der Waals surface area (Å²) in [5.74, 6) is -1.39. The van der Waals surface area contributed by atoms with Gasteiger partial charge in [0, 0.05) is 17.3 Å². The Balaban J connectivity index is 2.06. The number of rotatable bonds is 3. The summed E-state index contributed by atoms with van der Waals surface area (Å²) in [5, 5.41) is 9.33. The molecule has 0 saturated carbocycles. The van der Waals surface area contributed by atoms with Crippen LogP contribution >= 0.6 is 0 Å². The average Bonchev–Trinajstić information content (AvgIpc) is 2.66. The molecule has 1 heterocycles. The third-order valence-electron chi connectivity index (χ3n) is 4.16. The topological polar surface area (TPSA) is 50.2 Å². The van der Waals surface area contributed by atoms with Crippen molar-refractivity contribution < 1.29 is 36.2 Å². The number of pyridine rings is 1. The van der Waals surface area contributed by atoms with E-state index in [1.54, 1.807) is 0 Å². The van der Waals surface area contributed by atoms with Crippen molar-refractivity contribution in [3.8, 4) is 22.3 Å². The lowest BCUT2D eigenvalue weighted by Crippen LogP contribution is -2.06. The lowest BCUT2D eigenvalue weighted by atomic mass is 9.97. The van der Waals surface area contributed by atoms with Gasteiger partial charge in [0.05, 0.1) is 11.1 Å². The van der Waals surface area contributed by atoms with Crippen LogP contribution in [0, 0.1) is 0 Å². The molecule has 3 rings (SSSR count). The van der Waals surface area contributed by atoms with Crippen molar-refractivity contribution in [3.05, 3.63) is 77.6 Å². The summed E-state index contributed by atoms with van der Waals surface area (Å²) in [7, 11) is 0. The first-order valence-electron chi connectivity index (χ1n) is 8.05. The van der Waals surface area contributed by atoms with Crippen molar-refractivity contribution >= 4 is 5.97 Å². The minimum absolute atomic E-state index is 0.0450. The molecule has 0 unspecified atom stereocenters. The highest BCUT2D eigenvalue weighted by molar-refractivity contribution is 5.95. The molecule has 0 atom stereocenters. The maximum Gasteiger partial charge on any atom is 0.416 e. The predicted octanol–water partition coefficient (Wildman–Crippen LogP) is 6.15. The highest BCUT2D eigenvalue weighted by atomic mass is 19.4. The van der Waals surface area contributed by atoms with Crippen molar-refractivity contribution in [1.29, 1.82) is 0 Å². The van der Waals surface area contributed by atoms with Gasteiger partial charge < -0.3 is 5.11 Å². The van der Waals surface area contributed by atoms with E-state index < -0.39 is 29.4 Å². The minimum Gasteiger partial charge on any atom is -0.476 e. The van der Waals surface area contributed by atoms with Gasteiger partial charge in [-0.2, -0.15) is 26.3 Å². The van der Waals surface area contributed by atoms with Crippen LogP contribution in [0.15, 0.2) is 60.8 Å². The van der Waals surface area contributed by atoms with Gasteiger partial charge in [-0.15, -0.1) is 0 Å². The van der Waals surface area contributed by atoms with Crippen LogP contribution in [0.5, 0.6) is 0 Å². The third-order valence-corrected chi connectivity index (χ3v) is 4.16. The second-order valence-electron chi connectivity index (χ2n) is 6.08. The van der Waals surface area contributed by atoms with Gasteiger partial charge in [-0.05, 0) is 41.5 Å². The molecule has 29 heavy (non-hydrogen) atoms. The Labute approximate surface area is 160 Å². The van der Waals surface area contributed by atoms with Gasteiger partial charge in [0.15, 0.2) is 5.69 Å². The van der Waals surface area contributed by atoms with E-state index in [1.165, 1.54) is 24.4 Å². The summed E-state index contributed by atoms with van der Waals surface area (Å²) in [4.78, 5) is 15.3. The van der Waals surface area contributed by atoms with Crippen LogP contribution in [0.4, 0.5) is 26.3 Å². The fourth-order valence-electron chi connectivity index (χ4n) is 2.70. The normalized spacial score (nSPS) is 12.1. The van der Waals surface area contributed by atoms with Crippen molar-refractivity contribution in [3.63, 3.8) is 0 Å². The van der Waals surface area contributed by atoms with E-state index in [1.807, 2.05) is 0 Å². The highest BCUT2D eigenvalue weighted by Gasteiger charge is 2.31. The molecule has 0 radical (unpaired) electrons. The maximum absolute atomic E-state index is 12.7. The fraction of sp³-hybridized carbons (Fsp3) is 0.100. The maximum atomic E-state index is 12.7. The number of halogens is 6. The first-order chi connectivity index (χ1) is 13.5. The number of hydrogen-bond donors (Lipinski definition) is 1. The second kappa shape index (κ2) is 7.23. The van der Waals surface area contributed by atoms with Crippen LogP contribution in [0.2, 0.25) is 0 Å². The Hall–Kier alpha value is -3.36. The third kappa shape index (κ3) is 4.39. The summed E-state index contributed by atoms with van der Waals surface area (Å²) in [6.07, 6.45) is -7.87. The molecule has 3 nitrogen and oxygen atoms in total. The summed E-state index contributed by atoms with van der Waals surface area (Å²) in [6.45, 7) is 0. The molecule has 0 saturated heterocycles. The van der Waals surface area contributed by atoms with Crippen LogP contribution in [0.25, 0.3) is 22.3 Å². The fourth-order valence-corrected chi connectivity index (χ4v) is 2.70. The van der Waals surface area contributed by atoms with Crippen LogP contribution in [0.3, 0.4) is 0 Å². The molecule has 0 spiro atoms. The number of aromatic nitrogens is 1. The molecule has 0 aliphatic rings. The first-order valence-corrected chi connectivity index (χ1v) is 8.05. The molecule has 2 aromatic carbocycles. The molecule has 150 valence electrons. The monoisotopic (exact) mass is 411 g/mol. The standard InChI is InChI=1S/C20H11F6NO2/c21-19(22,23)14-5-1-11(2-6-14)13-9-16(17(18(28)29)27-10-13)12-3-7-15(8-4-12)20(24,25)26/h1-10H,(H,28,29). The van der Waals surface area contributed by atoms with E-state index in [0.29, 0.717) is 11.1 Å². The molecular weight excluding hydrogens is 400 g/mol. The molecule has 9 heteroatoms. The van der Waals surface area contributed by atoms with Crippen LogP contribution in [-0.4, -0.2) is 16.1 Å². The Kier molecular flexibility index (Phi) is 5.08. The molecule has 0 aliphatic heterocycles. The van der Waals surface area contributed by atoms with Gasteiger partial charge >= 0.3 is 18.3 Å². The van der Waals surface area contributed by atoms with E-state index in [-0.39, 0.29) is 16.8 Å². The summed E-state index contributed by atoms with van der Waals surface area (Å²) >= 11 is 0. The Bertz CT molecular complexity index is 1040. The van der Waals surface area contributed by atoms with E-state index in [9.17, 15) is 36.2 Å². The molecule has 0 bridgehead atoms. The number of nitrogens with zero attached hydrogens (tertiary/aromatic N) is 1. The first kappa shape index (κ1) is 20.4. The molecule has 1 aromatic heterocycles. The van der Waals surface area contributed by atoms with Gasteiger partial charge in [0.1, 0.15) is 0 Å². The van der Waals surface area contributed by atoms with E-state index in [2.05, 4.69) is 4.98 Å². The van der Waals surface area contributed by atoms with Crippen molar-refractivity contribution in [2.24, 2.45) is 0 Å². The number of alkyl halides is 6. The van der Waals surface area contributed by atoms with Crippen LogP contribution in [-0.2, 0) is 12.4 Å². The summed E-state index contributed by atoms with van der Waals surface area (Å²) in [6, 6.07) is 9.37. The van der Waals surface area contributed by atoms with Gasteiger partial charge in [-0.1, -0.05) is 24.3 Å². The summed E-state index contributed by atoms with van der Waals surface area (Å²) < 4.78 is 76.4. The SMILES string of the molecule is O=C(O)c1ncc(-c2ccc(C(F)(F)F)cc2)cc1-c1ccc(C(F)(F)F)cc1. The van der Waals surface area contributed by atoms with Crippen LogP contribution in [0.1, 0.15) is 21.6 Å². The number of carboxylic acid groups (broad SMARTS) is 1. The van der Waals surface area contributed by atoms with Crippen molar-refractivity contribution in [2.75, 3.05) is 0 Å². The molecular formula is C20H11F6NO2.